The van der Waals surface area contributed by atoms with Crippen molar-refractivity contribution in [3.63, 3.8) is 0 Å². The zero-order valence-corrected chi connectivity index (χ0v) is 12.0. The average Bonchev–Trinajstić information content (AvgIpc) is 2.41. The van der Waals surface area contributed by atoms with E-state index in [-0.39, 0.29) is 5.75 Å². The molecule has 0 bridgehead atoms. The predicted octanol–water partition coefficient (Wildman–Crippen LogP) is -0.141. The van der Waals surface area contributed by atoms with Gasteiger partial charge in [0.2, 0.25) is 6.29 Å². The minimum Gasteiger partial charge on any atom is -0.479 e. The van der Waals surface area contributed by atoms with Crippen LogP contribution in [0.4, 0.5) is 4.39 Å². The monoisotopic (exact) mass is 366 g/mol. The number of carboxylic acids is 1. The highest BCUT2D eigenvalue weighted by molar-refractivity contribution is 9.10. The first-order valence-electron chi connectivity index (χ1n) is 5.85. The number of carboxylic acid groups (broad SMARTS) is 1. The van der Waals surface area contributed by atoms with E-state index in [1.807, 2.05) is 0 Å². The maximum atomic E-state index is 13.6. The van der Waals surface area contributed by atoms with Gasteiger partial charge in [0, 0.05) is 4.47 Å². The van der Waals surface area contributed by atoms with Crippen LogP contribution >= 0.6 is 15.9 Å². The molecule has 116 valence electrons. The second-order valence-corrected chi connectivity index (χ2v) is 5.34. The number of rotatable bonds is 3. The molecule has 1 heterocycles. The van der Waals surface area contributed by atoms with E-state index >= 15 is 0 Å². The molecule has 1 fully saturated rings. The lowest BCUT2D eigenvalue weighted by Gasteiger charge is -2.38. The third kappa shape index (κ3) is 3.33. The summed E-state index contributed by atoms with van der Waals surface area (Å²) in [7, 11) is 0. The van der Waals surface area contributed by atoms with Crippen LogP contribution in [0.3, 0.4) is 0 Å². The molecule has 0 aromatic heterocycles. The SMILES string of the molecule is O=C(O)[C@H]1O[C@@H](Oc2ccc(Br)cc2F)[C@H](O)[C@@H](O)[C@@H]1O. The van der Waals surface area contributed by atoms with Crippen molar-refractivity contribution in [2.75, 3.05) is 0 Å². The van der Waals surface area contributed by atoms with Crippen LogP contribution in [0.15, 0.2) is 22.7 Å². The fourth-order valence-electron chi connectivity index (χ4n) is 1.85. The van der Waals surface area contributed by atoms with Crippen LogP contribution in [-0.4, -0.2) is 57.1 Å². The number of aliphatic carboxylic acids is 1. The highest BCUT2D eigenvalue weighted by atomic mass is 79.9. The largest absolute Gasteiger partial charge is 0.479 e. The van der Waals surface area contributed by atoms with Crippen molar-refractivity contribution in [3.05, 3.63) is 28.5 Å². The van der Waals surface area contributed by atoms with Crippen LogP contribution < -0.4 is 4.74 Å². The number of aliphatic hydroxyl groups excluding tert-OH is 3. The Morgan fingerprint density at radius 3 is 2.48 bits per heavy atom. The molecule has 9 heteroatoms. The normalized spacial score (nSPS) is 32.7. The van der Waals surface area contributed by atoms with Crippen LogP contribution in [-0.2, 0) is 9.53 Å². The van der Waals surface area contributed by atoms with E-state index < -0.39 is 42.5 Å². The van der Waals surface area contributed by atoms with Crippen molar-refractivity contribution < 1.29 is 39.1 Å². The molecule has 1 saturated heterocycles. The Labute approximate surface area is 126 Å². The molecule has 1 aliphatic heterocycles. The van der Waals surface area contributed by atoms with E-state index in [0.29, 0.717) is 4.47 Å². The summed E-state index contributed by atoms with van der Waals surface area (Å²) in [5.74, 6) is -2.61. The zero-order chi connectivity index (χ0) is 15.7. The van der Waals surface area contributed by atoms with E-state index in [1.165, 1.54) is 12.1 Å². The summed E-state index contributed by atoms with van der Waals surface area (Å²) in [4.78, 5) is 10.9. The van der Waals surface area contributed by atoms with Gasteiger partial charge < -0.3 is 29.9 Å². The van der Waals surface area contributed by atoms with Gasteiger partial charge in [0.25, 0.3) is 0 Å². The van der Waals surface area contributed by atoms with E-state index in [1.54, 1.807) is 0 Å². The topological polar surface area (TPSA) is 116 Å². The summed E-state index contributed by atoms with van der Waals surface area (Å²) in [6.45, 7) is 0. The Morgan fingerprint density at radius 2 is 1.90 bits per heavy atom. The van der Waals surface area contributed by atoms with Crippen LogP contribution in [0, 0.1) is 5.82 Å². The van der Waals surface area contributed by atoms with Gasteiger partial charge in [-0.2, -0.15) is 0 Å². The molecule has 5 atom stereocenters. The molecule has 0 spiro atoms. The summed E-state index contributed by atoms with van der Waals surface area (Å²) in [6, 6.07) is 3.81. The first-order valence-corrected chi connectivity index (χ1v) is 6.64. The third-order valence-corrected chi connectivity index (χ3v) is 3.44. The summed E-state index contributed by atoms with van der Waals surface area (Å²) in [5.41, 5.74) is 0. The van der Waals surface area contributed by atoms with Crippen LogP contribution in [0.25, 0.3) is 0 Å². The summed E-state index contributed by atoms with van der Waals surface area (Å²) >= 11 is 3.05. The van der Waals surface area contributed by atoms with Crippen LogP contribution in [0.1, 0.15) is 0 Å². The number of hydrogen-bond donors (Lipinski definition) is 4. The van der Waals surface area contributed by atoms with Gasteiger partial charge in [0.05, 0.1) is 0 Å². The number of aliphatic hydroxyl groups is 3. The molecule has 4 N–H and O–H groups in total. The standard InChI is InChI=1S/C12H12BrFO7/c13-4-1-2-6(5(14)3-4)20-12-9(17)7(15)8(16)10(21-12)11(18)19/h1-3,7-10,12,15-17H,(H,18,19)/t7-,8-,9+,10-,12+/m0/s1. The minimum absolute atomic E-state index is 0.296. The maximum Gasteiger partial charge on any atom is 0.335 e. The average molecular weight is 367 g/mol. The Hall–Kier alpha value is -1.26. The third-order valence-electron chi connectivity index (χ3n) is 2.95. The van der Waals surface area contributed by atoms with Crippen molar-refractivity contribution in [1.29, 1.82) is 0 Å². The predicted molar refractivity (Wildman–Crippen MR) is 69.0 cm³/mol. The van der Waals surface area contributed by atoms with E-state index in [2.05, 4.69) is 15.9 Å². The molecule has 2 rings (SSSR count). The lowest BCUT2D eigenvalue weighted by atomic mass is 9.99. The summed E-state index contributed by atoms with van der Waals surface area (Å²) in [6.07, 6.45) is -8.80. The Balaban J connectivity index is 2.20. The number of carbonyl (C=O) groups is 1. The van der Waals surface area contributed by atoms with Gasteiger partial charge >= 0.3 is 5.97 Å². The molecule has 0 amide bonds. The second kappa shape index (κ2) is 6.24. The lowest BCUT2D eigenvalue weighted by molar-refractivity contribution is -0.271. The van der Waals surface area contributed by atoms with Crippen molar-refractivity contribution in [2.24, 2.45) is 0 Å². The second-order valence-electron chi connectivity index (χ2n) is 4.43. The van der Waals surface area contributed by atoms with Crippen molar-refractivity contribution in [3.8, 4) is 5.75 Å². The number of benzene rings is 1. The highest BCUT2D eigenvalue weighted by Gasteiger charge is 2.48. The molecular weight excluding hydrogens is 355 g/mol. The van der Waals surface area contributed by atoms with Crippen molar-refractivity contribution >= 4 is 21.9 Å². The lowest BCUT2D eigenvalue weighted by Crippen LogP contribution is -2.61. The molecule has 7 nitrogen and oxygen atoms in total. The van der Waals surface area contributed by atoms with Gasteiger partial charge in [-0.3, -0.25) is 0 Å². The van der Waals surface area contributed by atoms with Crippen molar-refractivity contribution in [1.82, 2.24) is 0 Å². The fraction of sp³-hybridized carbons (Fsp3) is 0.417. The summed E-state index contributed by atoms with van der Waals surface area (Å²) < 4.78 is 24.0. The van der Waals surface area contributed by atoms with Gasteiger partial charge in [0.15, 0.2) is 17.7 Å². The number of hydrogen-bond acceptors (Lipinski definition) is 6. The minimum atomic E-state index is -1.83. The molecular formula is C12H12BrFO7. The molecule has 1 aromatic carbocycles. The van der Waals surface area contributed by atoms with Gasteiger partial charge in [0.1, 0.15) is 18.3 Å². The molecule has 1 aliphatic rings. The Morgan fingerprint density at radius 1 is 1.24 bits per heavy atom. The van der Waals surface area contributed by atoms with Gasteiger partial charge in [-0.1, -0.05) is 15.9 Å². The highest BCUT2D eigenvalue weighted by Crippen LogP contribution is 2.27. The van der Waals surface area contributed by atoms with Crippen molar-refractivity contribution in [2.45, 2.75) is 30.7 Å². The molecule has 0 unspecified atom stereocenters. The van der Waals surface area contributed by atoms with E-state index in [0.717, 1.165) is 6.07 Å². The fourth-order valence-corrected chi connectivity index (χ4v) is 2.18. The molecule has 0 radical (unpaired) electrons. The van der Waals surface area contributed by atoms with E-state index in [4.69, 9.17) is 14.6 Å². The smallest absolute Gasteiger partial charge is 0.335 e. The zero-order valence-electron chi connectivity index (χ0n) is 10.4. The van der Waals surface area contributed by atoms with Gasteiger partial charge in [-0.05, 0) is 18.2 Å². The van der Waals surface area contributed by atoms with E-state index in [9.17, 15) is 24.5 Å². The number of ether oxygens (including phenoxy) is 2. The molecule has 21 heavy (non-hydrogen) atoms. The quantitative estimate of drug-likeness (QED) is 0.588. The Bertz CT molecular complexity index is 540. The molecule has 1 aromatic rings. The maximum absolute atomic E-state index is 13.6. The number of halogens is 2. The Kier molecular flexibility index (Phi) is 4.79. The van der Waals surface area contributed by atoms with Crippen LogP contribution in [0.2, 0.25) is 0 Å². The van der Waals surface area contributed by atoms with Gasteiger partial charge in [-0.25, -0.2) is 9.18 Å². The first-order chi connectivity index (χ1) is 9.81. The van der Waals surface area contributed by atoms with Crippen LogP contribution in [0.5, 0.6) is 5.75 Å². The molecule has 0 aliphatic carbocycles. The summed E-state index contributed by atoms with van der Waals surface area (Å²) in [5, 5.41) is 37.7. The molecule has 0 saturated carbocycles. The first kappa shape index (κ1) is 16.1. The van der Waals surface area contributed by atoms with Gasteiger partial charge in [-0.15, -0.1) is 0 Å².